The van der Waals surface area contributed by atoms with Gasteiger partial charge in [-0.2, -0.15) is 0 Å². The van der Waals surface area contributed by atoms with Crippen LogP contribution in [0, 0.1) is 5.92 Å². The second-order valence-corrected chi connectivity index (χ2v) is 7.68. The molecule has 0 bridgehead atoms. The van der Waals surface area contributed by atoms with Gasteiger partial charge in [-0.25, -0.2) is 0 Å². The largest absolute Gasteiger partial charge is 0.497 e. The Bertz CT molecular complexity index is 627. The lowest BCUT2D eigenvalue weighted by molar-refractivity contribution is -0.127. The van der Waals surface area contributed by atoms with Crippen molar-refractivity contribution in [2.24, 2.45) is 11.7 Å². The Hall–Kier alpha value is -2.12. The molecule has 1 fully saturated rings. The van der Waals surface area contributed by atoms with Gasteiger partial charge in [0.2, 0.25) is 11.8 Å². The molecule has 1 unspecified atom stereocenters. The maximum Gasteiger partial charge on any atom is 0.239 e. The van der Waals surface area contributed by atoms with Crippen molar-refractivity contribution < 1.29 is 14.3 Å². The van der Waals surface area contributed by atoms with E-state index in [1.165, 1.54) is 19.3 Å². The quantitative estimate of drug-likeness (QED) is 0.593. The molecule has 1 heterocycles. The zero-order chi connectivity index (χ0) is 20.5. The number of benzene rings is 1. The molecular weight excluding hydrogens is 356 g/mol. The highest BCUT2D eigenvalue weighted by Crippen LogP contribution is 2.25. The maximum absolute atomic E-state index is 12.3. The first-order valence-electron chi connectivity index (χ1n) is 10.1. The van der Waals surface area contributed by atoms with Crippen LogP contribution in [0.3, 0.4) is 0 Å². The molecule has 0 spiro atoms. The summed E-state index contributed by atoms with van der Waals surface area (Å²) in [6.07, 6.45) is 3.59. The molecule has 1 saturated heterocycles. The molecule has 1 aromatic rings. The van der Waals surface area contributed by atoms with Gasteiger partial charge in [0.05, 0.1) is 25.7 Å². The van der Waals surface area contributed by atoms with Crippen LogP contribution in [0.4, 0.5) is 0 Å². The third-order valence-corrected chi connectivity index (χ3v) is 5.27. The van der Waals surface area contributed by atoms with Crippen molar-refractivity contribution in [2.45, 2.75) is 45.2 Å². The van der Waals surface area contributed by atoms with E-state index in [-0.39, 0.29) is 30.3 Å². The lowest BCUT2D eigenvalue weighted by Crippen LogP contribution is -2.48. The van der Waals surface area contributed by atoms with Crippen molar-refractivity contribution in [1.82, 2.24) is 15.5 Å². The van der Waals surface area contributed by atoms with Gasteiger partial charge in [0.25, 0.3) is 0 Å². The predicted octanol–water partition coefficient (Wildman–Crippen LogP) is 1.44. The summed E-state index contributed by atoms with van der Waals surface area (Å²) < 4.78 is 5.25. The maximum atomic E-state index is 12.3. The van der Waals surface area contributed by atoms with Crippen molar-refractivity contribution >= 4 is 11.8 Å². The number of methoxy groups -OCH3 is 1. The molecule has 1 aliphatic heterocycles. The van der Waals surface area contributed by atoms with Crippen molar-refractivity contribution in [1.29, 1.82) is 0 Å². The van der Waals surface area contributed by atoms with Crippen molar-refractivity contribution in [3.63, 3.8) is 0 Å². The van der Waals surface area contributed by atoms with Crippen LogP contribution in [0.2, 0.25) is 0 Å². The molecule has 2 amide bonds. The minimum absolute atomic E-state index is 0.0293. The fourth-order valence-electron chi connectivity index (χ4n) is 3.37. The Morgan fingerprint density at radius 1 is 1.11 bits per heavy atom. The Balaban J connectivity index is 1.94. The minimum atomic E-state index is -0.604. The molecule has 28 heavy (non-hydrogen) atoms. The minimum Gasteiger partial charge on any atom is -0.497 e. The Morgan fingerprint density at radius 2 is 1.75 bits per heavy atom. The SMILES string of the molecule is COc1ccc(C(CNC(=O)CNC(=O)[C@@H](N)C(C)C)N2CCCCC2)cc1. The first kappa shape index (κ1) is 22.2. The van der Waals surface area contributed by atoms with Crippen LogP contribution in [0.25, 0.3) is 0 Å². The number of likely N-dealkylation sites (tertiary alicyclic amines) is 1. The second-order valence-electron chi connectivity index (χ2n) is 7.68. The van der Waals surface area contributed by atoms with E-state index in [2.05, 4.69) is 15.5 Å². The van der Waals surface area contributed by atoms with Crippen LogP contribution >= 0.6 is 0 Å². The van der Waals surface area contributed by atoms with Crippen LogP contribution in [0.1, 0.15) is 44.7 Å². The van der Waals surface area contributed by atoms with Crippen molar-refractivity contribution in [2.75, 3.05) is 33.3 Å². The highest BCUT2D eigenvalue weighted by molar-refractivity contribution is 5.87. The predicted molar refractivity (Wildman–Crippen MR) is 110 cm³/mol. The molecule has 0 radical (unpaired) electrons. The molecule has 1 aromatic carbocycles. The van der Waals surface area contributed by atoms with Gasteiger partial charge in [0.1, 0.15) is 5.75 Å². The van der Waals surface area contributed by atoms with Gasteiger partial charge in [-0.1, -0.05) is 32.4 Å². The number of hydrogen-bond acceptors (Lipinski definition) is 5. The number of piperidine rings is 1. The number of hydrogen-bond donors (Lipinski definition) is 3. The number of carbonyl (C=O) groups excluding carboxylic acids is 2. The fourth-order valence-corrected chi connectivity index (χ4v) is 3.37. The first-order valence-corrected chi connectivity index (χ1v) is 10.1. The van der Waals surface area contributed by atoms with E-state index in [0.29, 0.717) is 6.54 Å². The summed E-state index contributed by atoms with van der Waals surface area (Å²) in [5.74, 6) is 0.337. The average molecular weight is 391 g/mol. The molecule has 7 heteroatoms. The highest BCUT2D eigenvalue weighted by Gasteiger charge is 2.23. The third kappa shape index (κ3) is 6.49. The van der Waals surface area contributed by atoms with Gasteiger partial charge >= 0.3 is 0 Å². The summed E-state index contributed by atoms with van der Waals surface area (Å²) in [5.41, 5.74) is 6.95. The highest BCUT2D eigenvalue weighted by atomic mass is 16.5. The molecule has 0 aliphatic carbocycles. The van der Waals surface area contributed by atoms with Gasteiger partial charge in [-0.05, 0) is 49.5 Å². The van der Waals surface area contributed by atoms with E-state index in [4.69, 9.17) is 10.5 Å². The van der Waals surface area contributed by atoms with Gasteiger partial charge in [0.15, 0.2) is 0 Å². The van der Waals surface area contributed by atoms with Gasteiger partial charge < -0.3 is 21.1 Å². The standard InChI is InChI=1S/C21H34N4O3/c1-15(2)20(22)21(27)24-14-19(26)23-13-18(25-11-5-4-6-12-25)16-7-9-17(28-3)10-8-16/h7-10,15,18,20H,4-6,11-14,22H2,1-3H3,(H,23,26)(H,24,27)/t18?,20-/m0/s1. The molecule has 2 atom stereocenters. The molecule has 0 aromatic heterocycles. The van der Waals surface area contributed by atoms with E-state index in [9.17, 15) is 9.59 Å². The first-order chi connectivity index (χ1) is 13.4. The topological polar surface area (TPSA) is 96.7 Å². The fraction of sp³-hybridized carbons (Fsp3) is 0.619. The molecule has 1 aliphatic rings. The van der Waals surface area contributed by atoms with E-state index in [0.717, 1.165) is 24.4 Å². The van der Waals surface area contributed by atoms with Crippen LogP contribution in [0.5, 0.6) is 5.75 Å². The van der Waals surface area contributed by atoms with Crippen LogP contribution in [-0.2, 0) is 9.59 Å². The van der Waals surface area contributed by atoms with Gasteiger partial charge in [-0.3, -0.25) is 14.5 Å². The summed E-state index contributed by atoms with van der Waals surface area (Å²) in [6, 6.07) is 7.49. The molecule has 0 saturated carbocycles. The summed E-state index contributed by atoms with van der Waals surface area (Å²) in [7, 11) is 1.65. The van der Waals surface area contributed by atoms with Crippen LogP contribution in [-0.4, -0.2) is 56.0 Å². The number of nitrogens with one attached hydrogen (secondary N) is 2. The van der Waals surface area contributed by atoms with Gasteiger partial charge in [0, 0.05) is 6.54 Å². The molecule has 4 N–H and O–H groups in total. The summed E-state index contributed by atoms with van der Waals surface area (Å²) in [4.78, 5) is 26.6. The number of carbonyl (C=O) groups is 2. The number of ether oxygens (including phenoxy) is 1. The third-order valence-electron chi connectivity index (χ3n) is 5.27. The summed E-state index contributed by atoms with van der Waals surface area (Å²) in [6.45, 7) is 6.23. The molecule has 7 nitrogen and oxygen atoms in total. The van der Waals surface area contributed by atoms with Crippen molar-refractivity contribution in [3.05, 3.63) is 29.8 Å². The van der Waals surface area contributed by atoms with Crippen LogP contribution < -0.4 is 21.1 Å². The van der Waals surface area contributed by atoms with E-state index < -0.39 is 6.04 Å². The number of nitrogens with zero attached hydrogens (tertiary/aromatic N) is 1. The average Bonchev–Trinajstić information content (AvgIpc) is 2.72. The second kappa shape index (κ2) is 11.0. The number of nitrogens with two attached hydrogens (primary N) is 1. The van der Waals surface area contributed by atoms with Crippen molar-refractivity contribution in [3.8, 4) is 5.75 Å². The Labute approximate surface area is 168 Å². The van der Waals surface area contributed by atoms with Gasteiger partial charge in [-0.15, -0.1) is 0 Å². The monoisotopic (exact) mass is 390 g/mol. The van der Waals surface area contributed by atoms with E-state index in [1.807, 2.05) is 38.1 Å². The van der Waals surface area contributed by atoms with E-state index >= 15 is 0 Å². The zero-order valence-corrected chi connectivity index (χ0v) is 17.2. The van der Waals surface area contributed by atoms with Crippen LogP contribution in [0.15, 0.2) is 24.3 Å². The molecule has 2 rings (SSSR count). The van der Waals surface area contributed by atoms with E-state index in [1.54, 1.807) is 7.11 Å². The normalized spacial score (nSPS) is 17.0. The lowest BCUT2D eigenvalue weighted by atomic mass is 10.0. The summed E-state index contributed by atoms with van der Waals surface area (Å²) in [5, 5.41) is 5.58. The lowest BCUT2D eigenvalue weighted by Gasteiger charge is -2.35. The molecular formula is C21H34N4O3. The number of rotatable bonds is 9. The smallest absolute Gasteiger partial charge is 0.239 e. The number of amides is 2. The Morgan fingerprint density at radius 3 is 2.32 bits per heavy atom. The zero-order valence-electron chi connectivity index (χ0n) is 17.2. The molecule has 156 valence electrons. The summed E-state index contributed by atoms with van der Waals surface area (Å²) >= 11 is 0. The Kier molecular flexibility index (Phi) is 8.73.